The van der Waals surface area contributed by atoms with E-state index in [1.54, 1.807) is 0 Å². The fourth-order valence-electron chi connectivity index (χ4n) is 4.54. The van der Waals surface area contributed by atoms with E-state index in [2.05, 4.69) is 33.1 Å². The van der Waals surface area contributed by atoms with Crippen LogP contribution in [0.1, 0.15) is 17.9 Å². The van der Waals surface area contributed by atoms with Gasteiger partial charge < -0.3 is 15.0 Å². The Bertz CT molecular complexity index is 1220. The van der Waals surface area contributed by atoms with Crippen LogP contribution in [0, 0.1) is 0 Å². The molecule has 0 radical (unpaired) electrons. The van der Waals surface area contributed by atoms with Crippen LogP contribution in [0.15, 0.2) is 65.7 Å². The summed E-state index contributed by atoms with van der Waals surface area (Å²) in [6, 6.07) is 20.0. The molecule has 0 saturated heterocycles. The number of rotatable bonds is 7. The van der Waals surface area contributed by atoms with Gasteiger partial charge in [0.2, 0.25) is 0 Å². The molecule has 0 saturated carbocycles. The average molecular weight is 453 g/mol. The first-order valence-electron chi connectivity index (χ1n) is 10.6. The second kappa shape index (κ2) is 8.64. The number of benzene rings is 3. The highest BCUT2D eigenvalue weighted by molar-refractivity contribution is 6.33. The van der Waals surface area contributed by atoms with Crippen molar-refractivity contribution in [1.29, 1.82) is 0 Å². The number of nitrogens with zero attached hydrogens (tertiary/aromatic N) is 2. The molecular formula is C25H24Cl2N3O+. The molecule has 4 aromatic rings. The summed E-state index contributed by atoms with van der Waals surface area (Å²) in [6.45, 7) is 2.11. The van der Waals surface area contributed by atoms with E-state index in [1.165, 1.54) is 5.56 Å². The molecule has 0 spiro atoms. The number of halogens is 2. The smallest absolute Gasteiger partial charge is 0.121 e. The zero-order chi connectivity index (χ0) is 21.4. The number of quaternary nitrogens is 1. The van der Waals surface area contributed by atoms with Crippen molar-refractivity contribution in [1.82, 2.24) is 4.57 Å². The highest BCUT2D eigenvalue weighted by Crippen LogP contribution is 2.34. The van der Waals surface area contributed by atoms with Crippen LogP contribution < -0.4 is 5.32 Å². The number of hydrogen-bond acceptors (Lipinski definition) is 2. The lowest BCUT2D eigenvalue weighted by Crippen LogP contribution is -2.86. The molecule has 6 heteroatoms. The Balaban J connectivity index is 1.25. The van der Waals surface area contributed by atoms with Gasteiger partial charge in [0.1, 0.15) is 12.6 Å². The standard InChI is InChI=1S/C25H23Cl2N3O/c26-17-5-7-24-21(11-17)22-12-18(27)6-8-25(22)30(24)15-19(31)14-28-10-9-16-13-29-23-4-2-1-3-20(16)23/h1-8,11-13,16,19,28,31H,9-10,14-15H2/p+1/t16-,19-/m1/s1. The van der Waals surface area contributed by atoms with Gasteiger partial charge in [-0.2, -0.15) is 0 Å². The second-order valence-corrected chi connectivity index (χ2v) is 9.01. The van der Waals surface area contributed by atoms with Gasteiger partial charge in [0, 0.05) is 50.4 Å². The number of aromatic nitrogens is 1. The van der Waals surface area contributed by atoms with Gasteiger partial charge >= 0.3 is 0 Å². The summed E-state index contributed by atoms with van der Waals surface area (Å²) < 4.78 is 2.16. The quantitative estimate of drug-likeness (QED) is 0.384. The molecule has 5 rings (SSSR count). The van der Waals surface area contributed by atoms with Gasteiger partial charge in [-0.15, -0.1) is 0 Å². The molecule has 3 N–H and O–H groups in total. The molecule has 1 aliphatic rings. The summed E-state index contributed by atoms with van der Waals surface area (Å²) in [5, 5.41) is 16.5. The summed E-state index contributed by atoms with van der Waals surface area (Å²) in [5.74, 6) is 0.372. The Hall–Kier alpha value is -2.37. The Morgan fingerprint density at radius 1 is 0.968 bits per heavy atom. The monoisotopic (exact) mass is 452 g/mol. The number of aliphatic hydroxyl groups excluding tert-OH is 1. The minimum Gasteiger partial charge on any atom is -0.385 e. The number of aliphatic imine (C=N–C) groups is 1. The van der Waals surface area contributed by atoms with E-state index in [0.717, 1.165) is 40.5 Å². The second-order valence-electron chi connectivity index (χ2n) is 8.13. The van der Waals surface area contributed by atoms with E-state index in [4.69, 9.17) is 23.2 Å². The Morgan fingerprint density at radius 3 is 2.35 bits per heavy atom. The van der Waals surface area contributed by atoms with Crippen LogP contribution in [0.25, 0.3) is 21.8 Å². The molecule has 158 valence electrons. The van der Waals surface area contributed by atoms with Crippen molar-refractivity contribution in [3.8, 4) is 0 Å². The first kappa shape index (κ1) is 20.5. The summed E-state index contributed by atoms with van der Waals surface area (Å²) >= 11 is 12.5. The molecule has 0 aliphatic carbocycles. The maximum atomic E-state index is 10.8. The van der Waals surface area contributed by atoms with Gasteiger partial charge in [0.05, 0.1) is 18.8 Å². The number of hydrogen-bond donors (Lipinski definition) is 2. The lowest BCUT2D eigenvalue weighted by molar-refractivity contribution is -0.661. The predicted octanol–water partition coefficient (Wildman–Crippen LogP) is 4.92. The Kier molecular flexibility index (Phi) is 5.72. The van der Waals surface area contributed by atoms with Crippen LogP contribution in [0.5, 0.6) is 0 Å². The first-order valence-corrected chi connectivity index (χ1v) is 11.4. The van der Waals surface area contributed by atoms with E-state index < -0.39 is 6.10 Å². The molecule has 0 amide bonds. The van der Waals surface area contributed by atoms with E-state index in [9.17, 15) is 5.11 Å². The van der Waals surface area contributed by atoms with Crippen LogP contribution in [-0.2, 0) is 6.54 Å². The topological polar surface area (TPSA) is 54.1 Å². The van der Waals surface area contributed by atoms with Crippen LogP contribution >= 0.6 is 23.2 Å². The highest BCUT2D eigenvalue weighted by atomic mass is 35.5. The van der Waals surface area contributed by atoms with Crippen molar-refractivity contribution >= 4 is 56.9 Å². The Morgan fingerprint density at radius 2 is 1.65 bits per heavy atom. The number of aliphatic hydroxyl groups is 1. The fraction of sp³-hybridized carbons (Fsp3) is 0.240. The normalized spacial score (nSPS) is 16.3. The molecule has 0 unspecified atom stereocenters. The maximum absolute atomic E-state index is 10.8. The lowest BCUT2D eigenvalue weighted by Gasteiger charge is -2.14. The van der Waals surface area contributed by atoms with Crippen molar-refractivity contribution < 1.29 is 10.4 Å². The zero-order valence-electron chi connectivity index (χ0n) is 17.0. The number of para-hydroxylation sites is 1. The van der Waals surface area contributed by atoms with E-state index in [-0.39, 0.29) is 0 Å². The third-order valence-corrected chi connectivity index (χ3v) is 6.50. The highest BCUT2D eigenvalue weighted by Gasteiger charge is 2.19. The third kappa shape index (κ3) is 4.09. The van der Waals surface area contributed by atoms with Gasteiger partial charge in [-0.1, -0.05) is 41.4 Å². The maximum Gasteiger partial charge on any atom is 0.121 e. The van der Waals surface area contributed by atoms with Gasteiger partial charge in [-0.25, -0.2) is 0 Å². The molecule has 2 atom stereocenters. The predicted molar refractivity (Wildman–Crippen MR) is 129 cm³/mol. The van der Waals surface area contributed by atoms with Crippen LogP contribution in [0.2, 0.25) is 10.0 Å². The summed E-state index contributed by atoms with van der Waals surface area (Å²) in [5.41, 5.74) is 4.50. The zero-order valence-corrected chi connectivity index (χ0v) is 18.5. The minimum absolute atomic E-state index is 0.372. The average Bonchev–Trinajstić information content (AvgIpc) is 3.30. The van der Waals surface area contributed by atoms with Gasteiger partial charge in [-0.3, -0.25) is 4.99 Å². The first-order chi connectivity index (χ1) is 15.1. The molecule has 0 bridgehead atoms. The fourth-order valence-corrected chi connectivity index (χ4v) is 4.88. The summed E-state index contributed by atoms with van der Waals surface area (Å²) in [7, 11) is 0. The van der Waals surface area contributed by atoms with Crippen molar-refractivity contribution in [3.63, 3.8) is 0 Å². The van der Waals surface area contributed by atoms with Crippen LogP contribution in [-0.4, -0.2) is 35.1 Å². The summed E-state index contributed by atoms with van der Waals surface area (Å²) in [4.78, 5) is 4.50. The van der Waals surface area contributed by atoms with Crippen LogP contribution in [0.4, 0.5) is 5.69 Å². The molecule has 1 aromatic heterocycles. The molecule has 2 heterocycles. The minimum atomic E-state index is -0.463. The molecular weight excluding hydrogens is 429 g/mol. The van der Waals surface area contributed by atoms with Crippen molar-refractivity contribution in [2.45, 2.75) is 25.0 Å². The molecule has 31 heavy (non-hydrogen) atoms. The van der Waals surface area contributed by atoms with E-state index in [0.29, 0.717) is 29.1 Å². The van der Waals surface area contributed by atoms with Crippen molar-refractivity contribution in [3.05, 3.63) is 76.3 Å². The number of nitrogens with two attached hydrogens (primary N) is 1. The molecule has 4 nitrogen and oxygen atoms in total. The van der Waals surface area contributed by atoms with Gasteiger partial charge in [0.15, 0.2) is 0 Å². The van der Waals surface area contributed by atoms with E-state index in [1.807, 2.05) is 48.7 Å². The SMILES string of the molecule is O[C@H](C[NH2+]CC[C@@H]1C=Nc2ccccc21)Cn1c2ccc(Cl)cc2c2cc(Cl)ccc21. The molecule has 3 aromatic carbocycles. The summed E-state index contributed by atoms with van der Waals surface area (Å²) in [6.07, 6.45) is 2.60. The molecule has 1 aliphatic heterocycles. The third-order valence-electron chi connectivity index (χ3n) is 6.03. The largest absolute Gasteiger partial charge is 0.385 e. The van der Waals surface area contributed by atoms with Crippen molar-refractivity contribution in [2.24, 2.45) is 4.99 Å². The van der Waals surface area contributed by atoms with Gasteiger partial charge in [-0.05, 0) is 48.0 Å². The van der Waals surface area contributed by atoms with Gasteiger partial charge in [0.25, 0.3) is 0 Å². The van der Waals surface area contributed by atoms with E-state index >= 15 is 0 Å². The van der Waals surface area contributed by atoms with Crippen molar-refractivity contribution in [2.75, 3.05) is 13.1 Å². The number of fused-ring (bicyclic) bond motifs is 4. The molecule has 0 fully saturated rings. The lowest BCUT2D eigenvalue weighted by atomic mass is 9.98. The Labute approximate surface area is 191 Å². The van der Waals surface area contributed by atoms with Crippen LogP contribution in [0.3, 0.4) is 0 Å².